The maximum absolute atomic E-state index is 6.04. The highest BCUT2D eigenvalue weighted by atomic mass is 15.2. The Kier molecular flexibility index (Phi) is 4.26. The fourth-order valence-electron chi connectivity index (χ4n) is 3.75. The van der Waals surface area contributed by atoms with Crippen LogP contribution in [-0.4, -0.2) is 30.6 Å². The Hall–Kier alpha value is -0.0800. The molecule has 2 saturated carbocycles. The van der Waals surface area contributed by atoms with Crippen molar-refractivity contribution in [2.75, 3.05) is 19.6 Å². The molecule has 0 aromatic heterocycles. The lowest BCUT2D eigenvalue weighted by molar-refractivity contribution is 0.122. The van der Waals surface area contributed by atoms with Gasteiger partial charge < -0.3 is 10.6 Å². The highest BCUT2D eigenvalue weighted by molar-refractivity contribution is 4.90. The molecule has 2 heteroatoms. The number of nitrogens with two attached hydrogens (primary N) is 1. The van der Waals surface area contributed by atoms with E-state index >= 15 is 0 Å². The van der Waals surface area contributed by atoms with Crippen LogP contribution in [0.4, 0.5) is 0 Å². The quantitative estimate of drug-likeness (QED) is 0.778. The Morgan fingerprint density at radius 3 is 2.25 bits per heavy atom. The van der Waals surface area contributed by atoms with Crippen LogP contribution in [0, 0.1) is 5.41 Å². The molecule has 94 valence electrons. The number of hydrogen-bond acceptors (Lipinski definition) is 2. The average Bonchev–Trinajstić information content (AvgIpc) is 2.98. The van der Waals surface area contributed by atoms with Crippen LogP contribution in [0.15, 0.2) is 0 Å². The summed E-state index contributed by atoms with van der Waals surface area (Å²) in [5, 5.41) is 0. The Bertz CT molecular complexity index is 203. The van der Waals surface area contributed by atoms with E-state index in [-0.39, 0.29) is 0 Å². The minimum Gasteiger partial charge on any atom is -0.330 e. The third kappa shape index (κ3) is 2.60. The van der Waals surface area contributed by atoms with E-state index in [0.29, 0.717) is 5.41 Å². The van der Waals surface area contributed by atoms with Crippen LogP contribution in [0.1, 0.15) is 58.3 Å². The second kappa shape index (κ2) is 5.50. The smallest absolute Gasteiger partial charge is 0.00953 e. The Morgan fingerprint density at radius 1 is 1.12 bits per heavy atom. The standard InChI is InChI=1S/C14H28N2/c1-2-16(13-7-3-4-8-13)12-14(11-15)9-5-6-10-14/h13H,2-12,15H2,1H3. The lowest BCUT2D eigenvalue weighted by Crippen LogP contribution is -2.44. The predicted octanol–water partition coefficient (Wildman–Crippen LogP) is 2.77. The van der Waals surface area contributed by atoms with Crippen molar-refractivity contribution in [3.63, 3.8) is 0 Å². The molecule has 16 heavy (non-hydrogen) atoms. The van der Waals surface area contributed by atoms with Gasteiger partial charge in [0.05, 0.1) is 0 Å². The molecule has 0 amide bonds. The van der Waals surface area contributed by atoms with E-state index < -0.39 is 0 Å². The van der Waals surface area contributed by atoms with E-state index in [9.17, 15) is 0 Å². The zero-order chi connectivity index (χ0) is 11.4. The molecular weight excluding hydrogens is 196 g/mol. The Balaban J connectivity index is 1.93. The normalized spacial score (nSPS) is 25.7. The number of nitrogens with zero attached hydrogens (tertiary/aromatic N) is 1. The first-order valence-corrected chi connectivity index (χ1v) is 7.24. The van der Waals surface area contributed by atoms with E-state index in [2.05, 4.69) is 11.8 Å². The van der Waals surface area contributed by atoms with Crippen LogP contribution in [0.5, 0.6) is 0 Å². The predicted molar refractivity (Wildman–Crippen MR) is 69.5 cm³/mol. The molecule has 0 aliphatic heterocycles. The second-order valence-electron chi connectivity index (χ2n) is 5.91. The van der Waals surface area contributed by atoms with Gasteiger partial charge in [-0.2, -0.15) is 0 Å². The first-order valence-electron chi connectivity index (χ1n) is 7.24. The Morgan fingerprint density at radius 2 is 1.75 bits per heavy atom. The van der Waals surface area contributed by atoms with Gasteiger partial charge in [-0.1, -0.05) is 32.6 Å². The highest BCUT2D eigenvalue weighted by Crippen LogP contribution is 2.39. The third-order valence-electron chi connectivity index (χ3n) is 4.88. The highest BCUT2D eigenvalue weighted by Gasteiger charge is 2.35. The maximum Gasteiger partial charge on any atom is 0.00953 e. The largest absolute Gasteiger partial charge is 0.330 e. The monoisotopic (exact) mass is 224 g/mol. The van der Waals surface area contributed by atoms with Crippen molar-refractivity contribution in [2.45, 2.75) is 64.3 Å². The van der Waals surface area contributed by atoms with Gasteiger partial charge >= 0.3 is 0 Å². The summed E-state index contributed by atoms with van der Waals surface area (Å²) in [5.74, 6) is 0. The molecule has 0 aromatic rings. The molecule has 2 N–H and O–H groups in total. The van der Waals surface area contributed by atoms with Gasteiger partial charge in [-0.15, -0.1) is 0 Å². The van der Waals surface area contributed by atoms with Crippen molar-refractivity contribution >= 4 is 0 Å². The second-order valence-corrected chi connectivity index (χ2v) is 5.91. The third-order valence-corrected chi connectivity index (χ3v) is 4.88. The molecule has 2 rings (SSSR count). The molecule has 0 unspecified atom stereocenters. The average molecular weight is 224 g/mol. The molecular formula is C14H28N2. The van der Waals surface area contributed by atoms with Crippen molar-refractivity contribution in [1.29, 1.82) is 0 Å². The minimum absolute atomic E-state index is 0.471. The van der Waals surface area contributed by atoms with Gasteiger partial charge in [0.15, 0.2) is 0 Å². The van der Waals surface area contributed by atoms with E-state index in [4.69, 9.17) is 5.73 Å². The van der Waals surface area contributed by atoms with Crippen LogP contribution < -0.4 is 5.73 Å². The molecule has 2 aliphatic rings. The van der Waals surface area contributed by atoms with E-state index in [0.717, 1.165) is 12.6 Å². The van der Waals surface area contributed by atoms with Gasteiger partial charge in [-0.25, -0.2) is 0 Å². The topological polar surface area (TPSA) is 29.3 Å². The fraction of sp³-hybridized carbons (Fsp3) is 1.00. The maximum atomic E-state index is 6.04. The van der Waals surface area contributed by atoms with Crippen molar-refractivity contribution in [3.05, 3.63) is 0 Å². The van der Waals surface area contributed by atoms with E-state index in [1.165, 1.54) is 64.5 Å². The van der Waals surface area contributed by atoms with Crippen LogP contribution in [0.3, 0.4) is 0 Å². The lowest BCUT2D eigenvalue weighted by Gasteiger charge is -2.37. The fourth-order valence-corrected chi connectivity index (χ4v) is 3.75. The summed E-state index contributed by atoms with van der Waals surface area (Å²) in [6, 6.07) is 0.869. The van der Waals surface area contributed by atoms with Crippen molar-refractivity contribution < 1.29 is 0 Å². The van der Waals surface area contributed by atoms with Crippen LogP contribution in [-0.2, 0) is 0 Å². The van der Waals surface area contributed by atoms with Gasteiger partial charge in [0.1, 0.15) is 0 Å². The summed E-state index contributed by atoms with van der Waals surface area (Å²) in [7, 11) is 0. The molecule has 0 spiro atoms. The summed E-state index contributed by atoms with van der Waals surface area (Å²) in [5.41, 5.74) is 6.51. The van der Waals surface area contributed by atoms with Gasteiger partial charge in [0, 0.05) is 12.6 Å². The van der Waals surface area contributed by atoms with E-state index in [1.54, 1.807) is 0 Å². The number of rotatable bonds is 5. The summed E-state index contributed by atoms with van der Waals surface area (Å²) in [6.45, 7) is 5.70. The first-order chi connectivity index (χ1) is 7.79. The number of hydrogen-bond donors (Lipinski definition) is 1. The van der Waals surface area contributed by atoms with Crippen LogP contribution in [0.2, 0.25) is 0 Å². The lowest BCUT2D eigenvalue weighted by atomic mass is 9.85. The molecule has 0 aromatic carbocycles. The molecule has 2 nitrogen and oxygen atoms in total. The summed E-state index contributed by atoms with van der Waals surface area (Å²) >= 11 is 0. The zero-order valence-electron chi connectivity index (χ0n) is 10.9. The SMILES string of the molecule is CCN(CC1(CN)CCCC1)C1CCCC1. The zero-order valence-corrected chi connectivity index (χ0v) is 10.9. The molecule has 0 atom stereocenters. The Labute approximate surface area is 101 Å². The first kappa shape index (κ1) is 12.4. The van der Waals surface area contributed by atoms with E-state index in [1.807, 2.05) is 0 Å². The molecule has 0 bridgehead atoms. The summed E-state index contributed by atoms with van der Waals surface area (Å²) < 4.78 is 0. The van der Waals surface area contributed by atoms with Gasteiger partial charge in [0.25, 0.3) is 0 Å². The molecule has 0 heterocycles. The van der Waals surface area contributed by atoms with Crippen molar-refractivity contribution in [1.82, 2.24) is 4.90 Å². The minimum atomic E-state index is 0.471. The van der Waals surface area contributed by atoms with Gasteiger partial charge in [-0.3, -0.25) is 0 Å². The van der Waals surface area contributed by atoms with Gasteiger partial charge in [0.2, 0.25) is 0 Å². The molecule has 2 aliphatic carbocycles. The van der Waals surface area contributed by atoms with Crippen LogP contribution >= 0.6 is 0 Å². The van der Waals surface area contributed by atoms with Gasteiger partial charge in [-0.05, 0) is 44.2 Å². The van der Waals surface area contributed by atoms with Crippen LogP contribution in [0.25, 0.3) is 0 Å². The summed E-state index contributed by atoms with van der Waals surface area (Å²) in [6.07, 6.45) is 11.3. The van der Waals surface area contributed by atoms with Crippen molar-refractivity contribution in [2.24, 2.45) is 11.1 Å². The summed E-state index contributed by atoms with van der Waals surface area (Å²) in [4.78, 5) is 2.73. The molecule has 0 radical (unpaired) electrons. The molecule has 2 fully saturated rings. The molecule has 0 saturated heterocycles. The van der Waals surface area contributed by atoms with Crippen molar-refractivity contribution in [3.8, 4) is 0 Å².